The van der Waals surface area contributed by atoms with Gasteiger partial charge >= 0.3 is 0 Å². The van der Waals surface area contributed by atoms with E-state index in [1.165, 1.54) is 24.9 Å². The number of para-hydroxylation sites is 1. The molecule has 1 aliphatic rings. The van der Waals surface area contributed by atoms with Crippen LogP contribution in [0.25, 0.3) is 0 Å². The molecule has 0 aliphatic carbocycles. The van der Waals surface area contributed by atoms with Gasteiger partial charge in [0.05, 0.1) is 7.11 Å². The molecule has 3 nitrogen and oxygen atoms in total. The Morgan fingerprint density at radius 3 is 2.94 bits per heavy atom. The average molecular weight is 271 g/mol. The summed E-state index contributed by atoms with van der Waals surface area (Å²) < 4.78 is 5.35. The molecule has 2 rings (SSSR count). The number of hydrogen-bond acceptors (Lipinski definition) is 3. The van der Waals surface area contributed by atoms with E-state index in [0.29, 0.717) is 6.04 Å². The number of benzene rings is 1. The van der Waals surface area contributed by atoms with E-state index in [4.69, 9.17) is 4.74 Å². The lowest BCUT2D eigenvalue weighted by atomic mass is 10.1. The zero-order valence-electron chi connectivity index (χ0n) is 10.9. The second-order valence-corrected chi connectivity index (χ2v) is 4.56. The summed E-state index contributed by atoms with van der Waals surface area (Å²) in [5.41, 5.74) is 1.28. The quantitative estimate of drug-likeness (QED) is 0.859. The molecule has 0 saturated carbocycles. The Morgan fingerprint density at radius 2 is 2.22 bits per heavy atom. The number of halogens is 1. The predicted octanol–water partition coefficient (Wildman–Crippen LogP) is 2.00. The minimum absolute atomic E-state index is 0. The van der Waals surface area contributed by atoms with Crippen molar-refractivity contribution in [1.29, 1.82) is 0 Å². The van der Waals surface area contributed by atoms with Gasteiger partial charge in [0, 0.05) is 12.6 Å². The fourth-order valence-corrected chi connectivity index (χ4v) is 2.35. The SMILES string of the molecule is COc1ccccc1CCNC1CCCNC1.Cl. The van der Waals surface area contributed by atoms with E-state index in [1.807, 2.05) is 12.1 Å². The van der Waals surface area contributed by atoms with Crippen molar-refractivity contribution in [3.05, 3.63) is 29.8 Å². The third-order valence-corrected chi connectivity index (χ3v) is 3.32. The summed E-state index contributed by atoms with van der Waals surface area (Å²) in [5.74, 6) is 0.996. The molecule has 0 aromatic heterocycles. The van der Waals surface area contributed by atoms with Gasteiger partial charge in [-0.25, -0.2) is 0 Å². The van der Waals surface area contributed by atoms with E-state index in [2.05, 4.69) is 22.8 Å². The highest BCUT2D eigenvalue weighted by Crippen LogP contribution is 2.17. The maximum atomic E-state index is 5.35. The fourth-order valence-electron chi connectivity index (χ4n) is 2.35. The van der Waals surface area contributed by atoms with Crippen LogP contribution in [0.15, 0.2) is 24.3 Å². The third kappa shape index (κ3) is 4.48. The zero-order valence-corrected chi connectivity index (χ0v) is 11.8. The molecule has 2 N–H and O–H groups in total. The van der Waals surface area contributed by atoms with Crippen LogP contribution < -0.4 is 15.4 Å². The molecule has 0 bridgehead atoms. The average Bonchev–Trinajstić information content (AvgIpc) is 2.40. The van der Waals surface area contributed by atoms with Crippen molar-refractivity contribution in [2.24, 2.45) is 0 Å². The van der Waals surface area contributed by atoms with Crippen molar-refractivity contribution in [1.82, 2.24) is 10.6 Å². The Bertz CT molecular complexity index is 340. The van der Waals surface area contributed by atoms with Crippen molar-refractivity contribution < 1.29 is 4.74 Å². The lowest BCUT2D eigenvalue weighted by Crippen LogP contribution is -2.43. The topological polar surface area (TPSA) is 33.3 Å². The molecule has 1 aliphatic heterocycles. The Kier molecular flexibility index (Phi) is 7.09. The van der Waals surface area contributed by atoms with E-state index in [1.54, 1.807) is 7.11 Å². The van der Waals surface area contributed by atoms with Gasteiger partial charge in [-0.3, -0.25) is 0 Å². The molecule has 1 aromatic rings. The van der Waals surface area contributed by atoms with Gasteiger partial charge in [0.1, 0.15) is 5.75 Å². The lowest BCUT2D eigenvalue weighted by Gasteiger charge is -2.24. The standard InChI is InChI=1S/C14H22N2O.ClH/c1-17-14-7-3-2-5-12(14)8-10-16-13-6-4-9-15-11-13;/h2-3,5,7,13,15-16H,4,6,8-11H2,1H3;1H. The monoisotopic (exact) mass is 270 g/mol. The highest BCUT2D eigenvalue weighted by Gasteiger charge is 2.11. The minimum Gasteiger partial charge on any atom is -0.496 e. The molecular weight excluding hydrogens is 248 g/mol. The van der Waals surface area contributed by atoms with Gasteiger partial charge in [-0.05, 0) is 44.0 Å². The lowest BCUT2D eigenvalue weighted by molar-refractivity contribution is 0.387. The van der Waals surface area contributed by atoms with E-state index >= 15 is 0 Å². The Labute approximate surface area is 116 Å². The molecule has 4 heteroatoms. The van der Waals surface area contributed by atoms with Gasteiger partial charge in [0.25, 0.3) is 0 Å². The van der Waals surface area contributed by atoms with Crippen LogP contribution in [0.1, 0.15) is 18.4 Å². The largest absolute Gasteiger partial charge is 0.496 e. The molecule has 18 heavy (non-hydrogen) atoms. The third-order valence-electron chi connectivity index (χ3n) is 3.32. The molecule has 0 radical (unpaired) electrons. The molecule has 1 heterocycles. The summed E-state index contributed by atoms with van der Waals surface area (Å²) in [6.07, 6.45) is 3.60. The maximum Gasteiger partial charge on any atom is 0.122 e. The van der Waals surface area contributed by atoms with Crippen LogP contribution in [0.3, 0.4) is 0 Å². The Morgan fingerprint density at radius 1 is 1.39 bits per heavy atom. The maximum absolute atomic E-state index is 5.35. The summed E-state index contributed by atoms with van der Waals surface area (Å²) in [6.45, 7) is 3.29. The molecule has 1 atom stereocenters. The van der Waals surface area contributed by atoms with Crippen LogP contribution in [0.2, 0.25) is 0 Å². The van der Waals surface area contributed by atoms with E-state index in [0.717, 1.165) is 25.3 Å². The van der Waals surface area contributed by atoms with Gasteiger partial charge < -0.3 is 15.4 Å². The summed E-state index contributed by atoms with van der Waals surface area (Å²) >= 11 is 0. The van der Waals surface area contributed by atoms with Crippen molar-refractivity contribution in [2.45, 2.75) is 25.3 Å². The van der Waals surface area contributed by atoms with Gasteiger partial charge in [-0.15, -0.1) is 12.4 Å². The van der Waals surface area contributed by atoms with Crippen molar-refractivity contribution in [3.8, 4) is 5.75 Å². The van der Waals surface area contributed by atoms with Crippen LogP contribution in [-0.4, -0.2) is 32.8 Å². The molecule has 1 unspecified atom stereocenters. The van der Waals surface area contributed by atoms with Gasteiger partial charge in [0.15, 0.2) is 0 Å². The first-order valence-corrected chi connectivity index (χ1v) is 6.46. The second-order valence-electron chi connectivity index (χ2n) is 4.56. The van der Waals surface area contributed by atoms with Gasteiger partial charge in [-0.2, -0.15) is 0 Å². The van der Waals surface area contributed by atoms with Crippen molar-refractivity contribution in [2.75, 3.05) is 26.7 Å². The van der Waals surface area contributed by atoms with E-state index in [-0.39, 0.29) is 12.4 Å². The first-order chi connectivity index (χ1) is 8.40. The molecule has 102 valence electrons. The number of nitrogens with one attached hydrogen (secondary N) is 2. The number of rotatable bonds is 5. The minimum atomic E-state index is 0. The number of ether oxygens (including phenoxy) is 1. The van der Waals surface area contributed by atoms with Crippen molar-refractivity contribution in [3.63, 3.8) is 0 Å². The predicted molar refractivity (Wildman–Crippen MR) is 77.8 cm³/mol. The molecule has 0 amide bonds. The normalized spacial score (nSPS) is 19.1. The summed E-state index contributed by atoms with van der Waals surface area (Å²) in [7, 11) is 1.73. The molecular formula is C14H23ClN2O. The van der Waals surface area contributed by atoms with Gasteiger partial charge in [0.2, 0.25) is 0 Å². The number of piperidine rings is 1. The van der Waals surface area contributed by atoms with Crippen LogP contribution >= 0.6 is 12.4 Å². The summed E-state index contributed by atoms with van der Waals surface area (Å²) in [4.78, 5) is 0. The smallest absolute Gasteiger partial charge is 0.122 e. The van der Waals surface area contributed by atoms with E-state index in [9.17, 15) is 0 Å². The second kappa shape index (κ2) is 8.35. The first kappa shape index (κ1) is 15.3. The molecule has 0 spiro atoms. The molecule has 1 saturated heterocycles. The van der Waals surface area contributed by atoms with Crippen LogP contribution in [0.4, 0.5) is 0 Å². The molecule has 1 fully saturated rings. The van der Waals surface area contributed by atoms with Crippen LogP contribution in [0, 0.1) is 0 Å². The summed E-state index contributed by atoms with van der Waals surface area (Å²) in [6, 6.07) is 8.89. The highest BCUT2D eigenvalue weighted by atomic mass is 35.5. The Balaban J connectivity index is 0.00000162. The fraction of sp³-hybridized carbons (Fsp3) is 0.571. The van der Waals surface area contributed by atoms with Crippen LogP contribution in [-0.2, 0) is 6.42 Å². The number of methoxy groups -OCH3 is 1. The van der Waals surface area contributed by atoms with Gasteiger partial charge in [-0.1, -0.05) is 18.2 Å². The van der Waals surface area contributed by atoms with Crippen molar-refractivity contribution >= 4 is 12.4 Å². The summed E-state index contributed by atoms with van der Waals surface area (Å²) in [5, 5.41) is 7.02. The highest BCUT2D eigenvalue weighted by molar-refractivity contribution is 5.85. The van der Waals surface area contributed by atoms with E-state index < -0.39 is 0 Å². The Hall–Kier alpha value is -0.770. The van der Waals surface area contributed by atoms with Crippen LogP contribution in [0.5, 0.6) is 5.75 Å². The first-order valence-electron chi connectivity index (χ1n) is 6.46. The molecule has 1 aromatic carbocycles. The number of hydrogen-bond donors (Lipinski definition) is 2. The zero-order chi connectivity index (χ0) is 11.9.